The van der Waals surface area contributed by atoms with E-state index in [2.05, 4.69) is 22.2 Å². The number of nitrogens with two attached hydrogens (primary N) is 1. The van der Waals surface area contributed by atoms with Crippen LogP contribution >= 0.6 is 0 Å². The maximum atomic E-state index is 14.6. The molecule has 7 heteroatoms. The van der Waals surface area contributed by atoms with Gasteiger partial charge in [0.15, 0.2) is 0 Å². The van der Waals surface area contributed by atoms with Gasteiger partial charge >= 0.3 is 0 Å². The number of ether oxygens (including phenoxy) is 1. The number of primary amides is 1. The summed E-state index contributed by atoms with van der Waals surface area (Å²) in [5, 5.41) is 3.84. The number of amides is 1. The number of aryl methyl sites for hydroxylation is 1. The molecular weight excluding hydrogens is 407 g/mol. The number of benzene rings is 2. The molecule has 32 heavy (non-hydrogen) atoms. The van der Waals surface area contributed by atoms with Crippen molar-refractivity contribution >= 4 is 28.2 Å². The molecular formula is C25H29FN4O2. The summed E-state index contributed by atoms with van der Waals surface area (Å²) in [6.07, 6.45) is 3.46. The van der Waals surface area contributed by atoms with Crippen molar-refractivity contribution in [1.29, 1.82) is 0 Å². The number of carbonyl (C=O) groups is 1. The number of fused-ring (bicyclic) bond motifs is 1. The van der Waals surface area contributed by atoms with Crippen LogP contribution in [0.3, 0.4) is 0 Å². The Morgan fingerprint density at radius 3 is 2.69 bits per heavy atom. The van der Waals surface area contributed by atoms with Gasteiger partial charge in [0.1, 0.15) is 11.6 Å². The normalized spacial score (nSPS) is 15.1. The summed E-state index contributed by atoms with van der Waals surface area (Å²) >= 11 is 0. The quantitative estimate of drug-likeness (QED) is 0.584. The standard InChI is InChI=1S/C25H29FN4O2/c1-4-32-23-13-22-18(12-17(23)16-7-9-30(3)10-8-16)24(19(14-28-22)25(27)31)29-21-6-5-15(2)11-20(21)26/h5-6,11-14,16H,4,7-10H2,1-3H3,(H2,27,31)(H,28,29). The second kappa shape index (κ2) is 9.12. The summed E-state index contributed by atoms with van der Waals surface area (Å²) in [6.45, 7) is 6.34. The molecule has 1 aromatic heterocycles. The molecule has 0 spiro atoms. The third-order valence-corrected chi connectivity index (χ3v) is 6.11. The number of carbonyl (C=O) groups excluding carboxylic acids is 1. The van der Waals surface area contributed by atoms with Crippen molar-refractivity contribution in [2.75, 3.05) is 32.1 Å². The van der Waals surface area contributed by atoms with E-state index in [4.69, 9.17) is 10.5 Å². The van der Waals surface area contributed by atoms with Crippen LogP contribution in [0.15, 0.2) is 36.5 Å². The van der Waals surface area contributed by atoms with Crippen LogP contribution in [0.5, 0.6) is 5.75 Å². The third-order valence-electron chi connectivity index (χ3n) is 6.11. The number of piperidine rings is 1. The predicted molar refractivity (Wildman–Crippen MR) is 125 cm³/mol. The molecule has 1 aliphatic heterocycles. The number of nitrogens with zero attached hydrogens (tertiary/aromatic N) is 2. The van der Waals surface area contributed by atoms with Crippen LogP contribution in [0, 0.1) is 12.7 Å². The molecule has 2 aromatic carbocycles. The lowest BCUT2D eigenvalue weighted by molar-refractivity contribution is 0.100. The largest absolute Gasteiger partial charge is 0.494 e. The number of anilines is 2. The van der Waals surface area contributed by atoms with Crippen molar-refractivity contribution in [3.05, 3.63) is 59.0 Å². The van der Waals surface area contributed by atoms with Gasteiger partial charge < -0.3 is 20.7 Å². The molecule has 1 aliphatic rings. The summed E-state index contributed by atoms with van der Waals surface area (Å²) in [5.41, 5.74) is 9.17. The summed E-state index contributed by atoms with van der Waals surface area (Å²) < 4.78 is 20.6. The van der Waals surface area contributed by atoms with E-state index in [1.165, 1.54) is 12.3 Å². The first kappa shape index (κ1) is 22.0. The molecule has 6 nitrogen and oxygen atoms in total. The molecule has 2 heterocycles. The van der Waals surface area contributed by atoms with Gasteiger partial charge in [-0.3, -0.25) is 9.78 Å². The lowest BCUT2D eigenvalue weighted by Crippen LogP contribution is -2.29. The highest BCUT2D eigenvalue weighted by Crippen LogP contribution is 2.40. The number of pyridine rings is 1. The number of hydrogen-bond donors (Lipinski definition) is 2. The molecule has 0 atom stereocenters. The van der Waals surface area contributed by atoms with Crippen molar-refractivity contribution < 1.29 is 13.9 Å². The lowest BCUT2D eigenvalue weighted by atomic mass is 9.87. The molecule has 4 rings (SSSR count). The Labute approximate surface area is 187 Å². The van der Waals surface area contributed by atoms with Crippen molar-refractivity contribution in [1.82, 2.24) is 9.88 Å². The van der Waals surface area contributed by atoms with Gasteiger partial charge in [-0.15, -0.1) is 0 Å². The number of hydrogen-bond acceptors (Lipinski definition) is 5. The first-order valence-corrected chi connectivity index (χ1v) is 11.0. The van der Waals surface area contributed by atoms with Gasteiger partial charge in [-0.05, 0) is 82.1 Å². The van der Waals surface area contributed by atoms with Gasteiger partial charge in [-0.25, -0.2) is 4.39 Å². The van der Waals surface area contributed by atoms with Crippen molar-refractivity contribution in [2.24, 2.45) is 5.73 Å². The third kappa shape index (κ3) is 4.39. The van der Waals surface area contributed by atoms with Crippen LogP contribution < -0.4 is 15.8 Å². The zero-order valence-corrected chi connectivity index (χ0v) is 18.7. The van der Waals surface area contributed by atoms with Gasteiger partial charge in [0, 0.05) is 17.6 Å². The van der Waals surface area contributed by atoms with E-state index in [1.807, 2.05) is 32.0 Å². The Bertz CT molecular complexity index is 1160. The molecule has 168 valence electrons. The van der Waals surface area contributed by atoms with Crippen LogP contribution in [0.25, 0.3) is 10.9 Å². The molecule has 0 bridgehead atoms. The molecule has 0 aliphatic carbocycles. The van der Waals surface area contributed by atoms with Crippen LogP contribution in [-0.4, -0.2) is 42.5 Å². The lowest BCUT2D eigenvalue weighted by Gasteiger charge is -2.30. The summed E-state index contributed by atoms with van der Waals surface area (Å²) in [7, 11) is 2.13. The molecule has 3 N–H and O–H groups in total. The van der Waals surface area contributed by atoms with E-state index in [-0.39, 0.29) is 11.3 Å². The minimum Gasteiger partial charge on any atom is -0.494 e. The van der Waals surface area contributed by atoms with Crippen LogP contribution in [0.1, 0.15) is 47.2 Å². The highest BCUT2D eigenvalue weighted by Gasteiger charge is 2.24. The number of aromatic nitrogens is 1. The van der Waals surface area contributed by atoms with Gasteiger partial charge in [-0.1, -0.05) is 6.07 Å². The zero-order valence-electron chi connectivity index (χ0n) is 18.7. The molecule has 0 saturated carbocycles. The second-order valence-electron chi connectivity index (χ2n) is 8.44. The molecule has 1 fully saturated rings. The van der Waals surface area contributed by atoms with E-state index < -0.39 is 11.7 Å². The van der Waals surface area contributed by atoms with E-state index >= 15 is 0 Å². The molecule has 1 amide bonds. The number of rotatable bonds is 6. The van der Waals surface area contributed by atoms with Crippen LogP contribution in [0.4, 0.5) is 15.8 Å². The van der Waals surface area contributed by atoms with E-state index in [9.17, 15) is 9.18 Å². The number of likely N-dealkylation sites (tertiary alicyclic amines) is 1. The predicted octanol–water partition coefficient (Wildman–Crippen LogP) is 4.73. The van der Waals surface area contributed by atoms with E-state index in [0.29, 0.717) is 23.7 Å². The van der Waals surface area contributed by atoms with Gasteiger partial charge in [0.05, 0.1) is 29.1 Å². The monoisotopic (exact) mass is 436 g/mol. The van der Waals surface area contributed by atoms with Crippen LogP contribution in [0.2, 0.25) is 0 Å². The van der Waals surface area contributed by atoms with E-state index in [1.54, 1.807) is 6.07 Å². The minimum absolute atomic E-state index is 0.218. The average Bonchev–Trinajstić information content (AvgIpc) is 2.76. The van der Waals surface area contributed by atoms with E-state index in [0.717, 1.165) is 48.2 Å². The maximum Gasteiger partial charge on any atom is 0.252 e. The summed E-state index contributed by atoms with van der Waals surface area (Å²) in [5.74, 6) is 0.121. The van der Waals surface area contributed by atoms with Gasteiger partial charge in [-0.2, -0.15) is 0 Å². The first-order valence-electron chi connectivity index (χ1n) is 11.0. The Balaban J connectivity index is 1.88. The molecule has 3 aromatic rings. The number of halogens is 1. The average molecular weight is 437 g/mol. The number of nitrogens with one attached hydrogen (secondary N) is 1. The van der Waals surface area contributed by atoms with Crippen molar-refractivity contribution in [2.45, 2.75) is 32.6 Å². The highest BCUT2D eigenvalue weighted by atomic mass is 19.1. The Morgan fingerprint density at radius 2 is 2.03 bits per heavy atom. The molecule has 0 unspecified atom stereocenters. The topological polar surface area (TPSA) is 80.5 Å². The first-order chi connectivity index (χ1) is 15.4. The van der Waals surface area contributed by atoms with Gasteiger partial charge in [0.2, 0.25) is 0 Å². The Hall–Kier alpha value is -3.19. The highest BCUT2D eigenvalue weighted by molar-refractivity contribution is 6.07. The summed E-state index contributed by atoms with van der Waals surface area (Å²) in [4.78, 5) is 19.0. The fraction of sp³-hybridized carbons (Fsp3) is 0.360. The molecule has 0 radical (unpaired) electrons. The van der Waals surface area contributed by atoms with Gasteiger partial charge in [0.25, 0.3) is 5.91 Å². The minimum atomic E-state index is -0.621. The van der Waals surface area contributed by atoms with Crippen LogP contribution in [-0.2, 0) is 0 Å². The fourth-order valence-electron chi connectivity index (χ4n) is 4.33. The zero-order chi connectivity index (χ0) is 22.8. The Kier molecular flexibility index (Phi) is 6.28. The smallest absolute Gasteiger partial charge is 0.252 e. The maximum absolute atomic E-state index is 14.6. The fourth-order valence-corrected chi connectivity index (χ4v) is 4.33. The Morgan fingerprint density at radius 1 is 1.28 bits per heavy atom. The summed E-state index contributed by atoms with van der Waals surface area (Å²) in [6, 6.07) is 8.87. The SMILES string of the molecule is CCOc1cc2ncc(C(N)=O)c(Nc3ccc(C)cc3F)c2cc1C1CCN(C)CC1. The van der Waals surface area contributed by atoms with Crippen molar-refractivity contribution in [3.8, 4) is 5.75 Å². The molecule has 1 saturated heterocycles. The second-order valence-corrected chi connectivity index (χ2v) is 8.44. The van der Waals surface area contributed by atoms with Crippen molar-refractivity contribution in [3.63, 3.8) is 0 Å².